The average molecular weight is 443 g/mol. The number of hydrogen-bond donors (Lipinski definition) is 3. The maximum absolute atomic E-state index is 12.8. The summed E-state index contributed by atoms with van der Waals surface area (Å²) in [5.74, 6) is 0.566. The second-order valence-electron chi connectivity index (χ2n) is 8.18. The molecular formula is C22H26N4O2S2. The number of aromatic nitrogens is 2. The lowest BCUT2D eigenvalue weighted by atomic mass is 9.96. The molecule has 3 aromatic rings. The van der Waals surface area contributed by atoms with Crippen LogP contribution in [-0.4, -0.2) is 46.6 Å². The summed E-state index contributed by atoms with van der Waals surface area (Å²) in [6.07, 6.45) is 7.14. The molecule has 0 aromatic carbocycles. The summed E-state index contributed by atoms with van der Waals surface area (Å²) in [5.41, 5.74) is 3.49. The highest BCUT2D eigenvalue weighted by molar-refractivity contribution is 7.22. The molecule has 0 radical (unpaired) electrons. The van der Waals surface area contributed by atoms with E-state index in [9.17, 15) is 9.90 Å². The predicted molar refractivity (Wildman–Crippen MR) is 121 cm³/mol. The number of pyridine rings is 1. The summed E-state index contributed by atoms with van der Waals surface area (Å²) >= 11 is 3.46. The molecule has 0 spiro atoms. The molecule has 1 saturated heterocycles. The number of rotatable bonds is 7. The molecule has 2 aliphatic heterocycles. The number of fused-ring (bicyclic) bond motifs is 2. The van der Waals surface area contributed by atoms with Crippen molar-refractivity contribution in [3.63, 3.8) is 0 Å². The Labute approximate surface area is 183 Å². The van der Waals surface area contributed by atoms with Crippen LogP contribution < -0.4 is 10.6 Å². The van der Waals surface area contributed by atoms with Gasteiger partial charge in [-0.15, -0.1) is 22.7 Å². The van der Waals surface area contributed by atoms with E-state index in [1.54, 1.807) is 28.9 Å². The SMILES string of the molecule is O=C(CCCC1CNCC1O)Cc1sc2c(c1-c1nc3cnccc3s1)CCNC2. The van der Waals surface area contributed by atoms with Crippen LogP contribution in [-0.2, 0) is 24.2 Å². The van der Waals surface area contributed by atoms with Crippen LogP contribution in [0.3, 0.4) is 0 Å². The molecule has 1 fully saturated rings. The lowest BCUT2D eigenvalue weighted by molar-refractivity contribution is -0.118. The van der Waals surface area contributed by atoms with Crippen molar-refractivity contribution in [2.24, 2.45) is 5.92 Å². The molecule has 158 valence electrons. The fourth-order valence-corrected chi connectivity index (χ4v) is 6.95. The standard InChI is InChI=1S/C22H26N4O2S2/c27-14(3-1-2-13-9-25-11-17(13)28)8-19-21(15-4-6-24-12-20(15)29-19)22-26-16-10-23-7-5-18(16)30-22/h5,7,10,13,17,24-25,28H,1-4,6,8-9,11-12H2. The number of Topliss-reactive ketones (excluding diaryl/α,β-unsaturated/α-hetero) is 1. The molecule has 0 aliphatic carbocycles. The maximum Gasteiger partial charge on any atom is 0.138 e. The fourth-order valence-electron chi connectivity index (χ4n) is 4.49. The molecule has 3 N–H and O–H groups in total. The fraction of sp³-hybridized carbons (Fsp3) is 0.500. The Hall–Kier alpha value is -1.71. The second kappa shape index (κ2) is 8.80. The molecule has 2 aliphatic rings. The van der Waals surface area contributed by atoms with E-state index < -0.39 is 0 Å². The molecule has 30 heavy (non-hydrogen) atoms. The minimum absolute atomic E-state index is 0.267. The first-order valence-corrected chi connectivity index (χ1v) is 12.3. The Morgan fingerprint density at radius 1 is 1.27 bits per heavy atom. The van der Waals surface area contributed by atoms with E-state index in [1.807, 2.05) is 12.3 Å². The first kappa shape index (κ1) is 20.2. The quantitative estimate of drug-likeness (QED) is 0.522. The van der Waals surface area contributed by atoms with Crippen LogP contribution in [0.25, 0.3) is 20.8 Å². The van der Waals surface area contributed by atoms with Gasteiger partial charge in [-0.2, -0.15) is 0 Å². The first-order chi connectivity index (χ1) is 14.7. The summed E-state index contributed by atoms with van der Waals surface area (Å²) in [6.45, 7) is 3.37. The summed E-state index contributed by atoms with van der Waals surface area (Å²) in [5, 5.41) is 17.6. The monoisotopic (exact) mass is 442 g/mol. The van der Waals surface area contributed by atoms with Gasteiger partial charge in [-0.25, -0.2) is 4.98 Å². The van der Waals surface area contributed by atoms with E-state index in [2.05, 4.69) is 15.6 Å². The molecule has 2 unspecified atom stereocenters. The number of β-amino-alcohol motifs (C(OH)–C–C–N with tert-alkyl or cyclic N) is 1. The van der Waals surface area contributed by atoms with Gasteiger partial charge in [0.25, 0.3) is 0 Å². The Morgan fingerprint density at radius 2 is 2.20 bits per heavy atom. The molecule has 0 saturated carbocycles. The van der Waals surface area contributed by atoms with Gasteiger partial charge >= 0.3 is 0 Å². The Kier molecular flexibility index (Phi) is 5.93. The number of aliphatic hydroxyl groups excluding tert-OH is 1. The van der Waals surface area contributed by atoms with Gasteiger partial charge in [0, 0.05) is 54.0 Å². The Balaban J connectivity index is 1.35. The van der Waals surface area contributed by atoms with Gasteiger partial charge in [0.1, 0.15) is 16.3 Å². The zero-order valence-corrected chi connectivity index (χ0v) is 18.5. The third-order valence-electron chi connectivity index (χ3n) is 6.10. The lowest BCUT2D eigenvalue weighted by Crippen LogP contribution is -2.22. The highest BCUT2D eigenvalue weighted by Crippen LogP contribution is 2.41. The van der Waals surface area contributed by atoms with Crippen molar-refractivity contribution in [1.29, 1.82) is 0 Å². The zero-order chi connectivity index (χ0) is 20.5. The largest absolute Gasteiger partial charge is 0.391 e. The van der Waals surface area contributed by atoms with E-state index in [0.29, 0.717) is 19.4 Å². The van der Waals surface area contributed by atoms with Gasteiger partial charge < -0.3 is 15.7 Å². The predicted octanol–water partition coefficient (Wildman–Crippen LogP) is 2.93. The van der Waals surface area contributed by atoms with Crippen molar-refractivity contribution >= 4 is 38.7 Å². The van der Waals surface area contributed by atoms with E-state index in [0.717, 1.165) is 59.0 Å². The third-order valence-corrected chi connectivity index (χ3v) is 8.38. The number of nitrogens with one attached hydrogen (secondary N) is 2. The number of ketones is 1. The number of nitrogens with zero attached hydrogens (tertiary/aromatic N) is 2. The van der Waals surface area contributed by atoms with Crippen LogP contribution in [0.1, 0.15) is 34.6 Å². The van der Waals surface area contributed by atoms with Gasteiger partial charge in [0.05, 0.1) is 17.0 Å². The van der Waals surface area contributed by atoms with Crippen LogP contribution in [0.2, 0.25) is 0 Å². The van der Waals surface area contributed by atoms with E-state index in [-0.39, 0.29) is 17.8 Å². The van der Waals surface area contributed by atoms with Gasteiger partial charge in [-0.3, -0.25) is 9.78 Å². The summed E-state index contributed by atoms with van der Waals surface area (Å²) in [4.78, 5) is 24.4. The van der Waals surface area contributed by atoms with Gasteiger partial charge in [-0.05, 0) is 43.4 Å². The maximum atomic E-state index is 12.8. The number of aliphatic hydroxyl groups is 1. The molecule has 5 heterocycles. The summed E-state index contributed by atoms with van der Waals surface area (Å²) in [7, 11) is 0. The van der Waals surface area contributed by atoms with Gasteiger partial charge in [-0.1, -0.05) is 0 Å². The van der Waals surface area contributed by atoms with Crippen LogP contribution in [0.5, 0.6) is 0 Å². The average Bonchev–Trinajstić information content (AvgIpc) is 3.44. The number of carbonyl (C=O) groups is 1. The topological polar surface area (TPSA) is 87.1 Å². The number of hydrogen-bond acceptors (Lipinski definition) is 8. The number of thiazole rings is 1. The smallest absolute Gasteiger partial charge is 0.138 e. The van der Waals surface area contributed by atoms with Crippen LogP contribution >= 0.6 is 22.7 Å². The number of thiophene rings is 1. The van der Waals surface area contributed by atoms with Gasteiger partial charge in [0.2, 0.25) is 0 Å². The minimum Gasteiger partial charge on any atom is -0.391 e. The highest BCUT2D eigenvalue weighted by Gasteiger charge is 2.26. The summed E-state index contributed by atoms with van der Waals surface area (Å²) < 4.78 is 1.13. The van der Waals surface area contributed by atoms with Crippen LogP contribution in [0.15, 0.2) is 18.5 Å². The molecule has 5 rings (SSSR count). The van der Waals surface area contributed by atoms with Crippen LogP contribution in [0.4, 0.5) is 0 Å². The second-order valence-corrected chi connectivity index (χ2v) is 10.4. The van der Waals surface area contributed by atoms with Crippen molar-refractivity contribution in [2.45, 2.75) is 44.8 Å². The molecule has 0 amide bonds. The van der Waals surface area contributed by atoms with Crippen molar-refractivity contribution in [1.82, 2.24) is 20.6 Å². The van der Waals surface area contributed by atoms with E-state index in [4.69, 9.17) is 4.98 Å². The van der Waals surface area contributed by atoms with E-state index in [1.165, 1.54) is 16.0 Å². The molecule has 2 atom stereocenters. The van der Waals surface area contributed by atoms with Crippen molar-refractivity contribution in [3.05, 3.63) is 33.8 Å². The minimum atomic E-state index is -0.267. The lowest BCUT2D eigenvalue weighted by Gasteiger charge is -2.13. The zero-order valence-electron chi connectivity index (χ0n) is 16.8. The Bertz CT molecular complexity index is 1030. The van der Waals surface area contributed by atoms with Crippen molar-refractivity contribution in [2.75, 3.05) is 19.6 Å². The summed E-state index contributed by atoms with van der Waals surface area (Å²) in [6, 6.07) is 2.01. The number of carbonyl (C=O) groups excluding carboxylic acids is 1. The molecule has 6 nitrogen and oxygen atoms in total. The van der Waals surface area contributed by atoms with Crippen LogP contribution in [0, 0.1) is 5.92 Å². The third kappa shape index (κ3) is 4.07. The van der Waals surface area contributed by atoms with Gasteiger partial charge in [0.15, 0.2) is 0 Å². The van der Waals surface area contributed by atoms with Crippen molar-refractivity contribution in [3.8, 4) is 10.6 Å². The first-order valence-electron chi connectivity index (χ1n) is 10.6. The Morgan fingerprint density at radius 3 is 3.03 bits per heavy atom. The normalized spacial score (nSPS) is 21.2. The highest BCUT2D eigenvalue weighted by atomic mass is 32.1. The molecule has 8 heteroatoms. The van der Waals surface area contributed by atoms with Crippen molar-refractivity contribution < 1.29 is 9.90 Å². The van der Waals surface area contributed by atoms with E-state index >= 15 is 0 Å². The molecule has 3 aromatic heterocycles. The molecule has 0 bridgehead atoms. The molecular weight excluding hydrogens is 416 g/mol.